The van der Waals surface area contributed by atoms with Crippen molar-refractivity contribution in [1.82, 2.24) is 10.2 Å². The van der Waals surface area contributed by atoms with Crippen molar-refractivity contribution in [3.05, 3.63) is 53.9 Å². The first kappa shape index (κ1) is 12.0. The van der Waals surface area contributed by atoms with E-state index in [9.17, 15) is 0 Å². The lowest BCUT2D eigenvalue weighted by Gasteiger charge is -2.06. The van der Waals surface area contributed by atoms with Crippen LogP contribution in [0, 0.1) is 0 Å². The van der Waals surface area contributed by atoms with Gasteiger partial charge in [0.05, 0.1) is 0 Å². The Labute approximate surface area is 115 Å². The van der Waals surface area contributed by atoms with Crippen molar-refractivity contribution in [2.45, 2.75) is 12.4 Å². The zero-order chi connectivity index (χ0) is 13.1. The maximum absolute atomic E-state index is 5.61. The van der Waals surface area contributed by atoms with Crippen molar-refractivity contribution < 1.29 is 4.42 Å². The summed E-state index contributed by atoms with van der Waals surface area (Å²) in [5, 5.41) is 13.2. The topological polar surface area (TPSA) is 51.0 Å². The number of hydrogen-bond acceptors (Lipinski definition) is 4. The predicted molar refractivity (Wildman–Crippen MR) is 75.1 cm³/mol. The molecule has 0 bridgehead atoms. The fraction of sp³-hybridized carbons (Fsp3) is 0.143. The lowest BCUT2D eigenvalue weighted by Crippen LogP contribution is -2.00. The van der Waals surface area contributed by atoms with Gasteiger partial charge < -0.3 is 9.73 Å². The molecule has 1 N–H and O–H groups in total. The molecule has 0 amide bonds. The Morgan fingerprint density at radius 2 is 1.89 bits per heavy atom. The molecular weight excluding hydrogens is 262 g/mol. The molecule has 3 aromatic rings. The Kier molecular flexibility index (Phi) is 3.33. The molecule has 0 aliphatic heterocycles. The molecule has 0 unspecified atom stereocenters. The SMILES string of the molecule is ClCc1nnc(NCc2cccc3ccccc23)o1. The van der Waals surface area contributed by atoms with Gasteiger partial charge in [0.1, 0.15) is 5.88 Å². The molecule has 0 aliphatic carbocycles. The van der Waals surface area contributed by atoms with Gasteiger partial charge in [-0.3, -0.25) is 0 Å². The predicted octanol–water partition coefficient (Wildman–Crippen LogP) is 3.57. The number of rotatable bonds is 4. The van der Waals surface area contributed by atoms with Crippen LogP contribution in [-0.2, 0) is 12.4 Å². The van der Waals surface area contributed by atoms with Gasteiger partial charge in [0.25, 0.3) is 0 Å². The fourth-order valence-electron chi connectivity index (χ4n) is 2.00. The summed E-state index contributed by atoms with van der Waals surface area (Å²) in [6.45, 7) is 0.630. The van der Waals surface area contributed by atoms with E-state index >= 15 is 0 Å². The van der Waals surface area contributed by atoms with Crippen LogP contribution in [0.3, 0.4) is 0 Å². The van der Waals surface area contributed by atoms with E-state index in [2.05, 4.69) is 39.8 Å². The van der Waals surface area contributed by atoms with E-state index in [4.69, 9.17) is 16.0 Å². The van der Waals surface area contributed by atoms with E-state index in [1.165, 1.54) is 16.3 Å². The highest BCUT2D eigenvalue weighted by atomic mass is 35.5. The average Bonchev–Trinajstić information content (AvgIpc) is 2.93. The highest BCUT2D eigenvalue weighted by Gasteiger charge is 2.05. The van der Waals surface area contributed by atoms with Crippen molar-refractivity contribution in [3.8, 4) is 0 Å². The molecule has 96 valence electrons. The van der Waals surface area contributed by atoms with Crippen LogP contribution >= 0.6 is 11.6 Å². The summed E-state index contributed by atoms with van der Waals surface area (Å²) < 4.78 is 5.30. The van der Waals surface area contributed by atoms with Crippen molar-refractivity contribution in [3.63, 3.8) is 0 Å². The van der Waals surface area contributed by atoms with Crippen molar-refractivity contribution in [1.29, 1.82) is 0 Å². The first-order chi connectivity index (χ1) is 9.36. The molecule has 5 heteroatoms. The minimum absolute atomic E-state index is 0.225. The Morgan fingerprint density at radius 1 is 1.05 bits per heavy atom. The summed E-state index contributed by atoms with van der Waals surface area (Å²) in [5.74, 6) is 0.644. The summed E-state index contributed by atoms with van der Waals surface area (Å²) >= 11 is 5.61. The summed E-state index contributed by atoms with van der Waals surface area (Å²) in [6.07, 6.45) is 0. The first-order valence-electron chi connectivity index (χ1n) is 5.95. The standard InChI is InChI=1S/C14H12ClN3O/c15-8-13-17-18-14(19-13)16-9-11-6-3-5-10-4-1-2-7-12(10)11/h1-7H,8-9H2,(H,16,18). The van der Waals surface area contributed by atoms with Crippen LogP contribution in [0.5, 0.6) is 0 Å². The molecule has 0 aliphatic rings. The van der Waals surface area contributed by atoms with Gasteiger partial charge in [-0.15, -0.1) is 16.7 Å². The lowest BCUT2D eigenvalue weighted by molar-refractivity contribution is 0.525. The maximum Gasteiger partial charge on any atom is 0.315 e. The summed E-state index contributed by atoms with van der Waals surface area (Å²) in [4.78, 5) is 0. The van der Waals surface area contributed by atoms with Gasteiger partial charge >= 0.3 is 6.01 Å². The Balaban J connectivity index is 1.81. The maximum atomic E-state index is 5.61. The minimum atomic E-state index is 0.225. The Morgan fingerprint density at radius 3 is 2.74 bits per heavy atom. The molecule has 0 atom stereocenters. The minimum Gasteiger partial charge on any atom is -0.407 e. The van der Waals surface area contributed by atoms with E-state index in [1.54, 1.807) is 0 Å². The molecule has 2 aromatic carbocycles. The number of halogens is 1. The fourth-order valence-corrected chi connectivity index (χ4v) is 2.10. The molecule has 1 aromatic heterocycles. The number of benzene rings is 2. The second-order valence-electron chi connectivity index (χ2n) is 4.13. The van der Waals surface area contributed by atoms with E-state index in [1.807, 2.05) is 18.2 Å². The summed E-state index contributed by atoms with van der Waals surface area (Å²) in [5.41, 5.74) is 1.18. The van der Waals surface area contributed by atoms with Gasteiger partial charge in [-0.05, 0) is 16.3 Å². The normalized spacial score (nSPS) is 10.8. The van der Waals surface area contributed by atoms with Gasteiger partial charge in [-0.25, -0.2) is 0 Å². The van der Waals surface area contributed by atoms with E-state index in [0.717, 1.165) is 0 Å². The molecule has 19 heavy (non-hydrogen) atoms. The van der Waals surface area contributed by atoms with Crippen LogP contribution in [0.1, 0.15) is 11.5 Å². The van der Waals surface area contributed by atoms with Gasteiger partial charge in [0.15, 0.2) is 0 Å². The lowest BCUT2D eigenvalue weighted by atomic mass is 10.0. The van der Waals surface area contributed by atoms with Crippen molar-refractivity contribution in [2.24, 2.45) is 0 Å². The molecular formula is C14H12ClN3O. The first-order valence-corrected chi connectivity index (χ1v) is 6.49. The monoisotopic (exact) mass is 273 g/mol. The molecule has 0 saturated heterocycles. The van der Waals surface area contributed by atoms with Crippen LogP contribution in [0.25, 0.3) is 10.8 Å². The second kappa shape index (κ2) is 5.28. The van der Waals surface area contributed by atoms with Crippen molar-refractivity contribution >= 4 is 28.4 Å². The average molecular weight is 274 g/mol. The number of anilines is 1. The van der Waals surface area contributed by atoms with Crippen LogP contribution in [-0.4, -0.2) is 10.2 Å². The van der Waals surface area contributed by atoms with Crippen LogP contribution < -0.4 is 5.32 Å². The Bertz CT molecular complexity index is 690. The third-order valence-corrected chi connectivity index (χ3v) is 3.12. The quantitative estimate of drug-likeness (QED) is 0.738. The zero-order valence-corrected chi connectivity index (χ0v) is 10.9. The van der Waals surface area contributed by atoms with Crippen LogP contribution in [0.2, 0.25) is 0 Å². The van der Waals surface area contributed by atoms with E-state index in [0.29, 0.717) is 18.5 Å². The molecule has 0 saturated carbocycles. The highest BCUT2D eigenvalue weighted by Crippen LogP contribution is 2.19. The summed E-state index contributed by atoms with van der Waals surface area (Å²) in [7, 11) is 0. The Hall–Kier alpha value is -2.07. The number of hydrogen-bond donors (Lipinski definition) is 1. The third kappa shape index (κ3) is 2.53. The highest BCUT2D eigenvalue weighted by molar-refractivity contribution is 6.16. The number of nitrogens with one attached hydrogen (secondary N) is 1. The summed E-state index contributed by atoms with van der Waals surface area (Å²) in [6, 6.07) is 14.9. The van der Waals surface area contributed by atoms with Gasteiger partial charge in [0, 0.05) is 6.54 Å². The van der Waals surface area contributed by atoms with E-state index < -0.39 is 0 Å². The van der Waals surface area contributed by atoms with Crippen LogP contribution in [0.15, 0.2) is 46.9 Å². The van der Waals surface area contributed by atoms with Crippen molar-refractivity contribution in [2.75, 3.05) is 5.32 Å². The molecule has 4 nitrogen and oxygen atoms in total. The van der Waals surface area contributed by atoms with E-state index in [-0.39, 0.29) is 5.88 Å². The molecule has 3 rings (SSSR count). The number of nitrogens with zero attached hydrogens (tertiary/aromatic N) is 2. The largest absolute Gasteiger partial charge is 0.407 e. The van der Waals surface area contributed by atoms with Gasteiger partial charge in [0.2, 0.25) is 5.89 Å². The zero-order valence-electron chi connectivity index (χ0n) is 10.1. The molecule has 0 fully saturated rings. The second-order valence-corrected chi connectivity index (χ2v) is 4.39. The van der Waals surface area contributed by atoms with Gasteiger partial charge in [-0.2, -0.15) is 0 Å². The number of aromatic nitrogens is 2. The number of alkyl halides is 1. The smallest absolute Gasteiger partial charge is 0.315 e. The third-order valence-electron chi connectivity index (χ3n) is 2.89. The molecule has 1 heterocycles. The molecule has 0 spiro atoms. The van der Waals surface area contributed by atoms with Crippen LogP contribution in [0.4, 0.5) is 6.01 Å². The van der Waals surface area contributed by atoms with Gasteiger partial charge in [-0.1, -0.05) is 47.6 Å². The molecule has 0 radical (unpaired) electrons. The number of fused-ring (bicyclic) bond motifs is 1.